The molecule has 0 aromatic carbocycles. The molecule has 0 radical (unpaired) electrons. The van der Waals surface area contributed by atoms with Crippen LogP contribution in [0.2, 0.25) is 0 Å². The van der Waals surface area contributed by atoms with Crippen LogP contribution in [0.4, 0.5) is 4.79 Å². The number of carbonyl (C=O) groups is 6. The molecule has 0 bridgehead atoms. The Morgan fingerprint density at radius 1 is 1.18 bits per heavy atom. The highest BCUT2D eigenvalue weighted by Gasteiger charge is 2.29. The number of Topliss-reactive ketones (excluding diaryl/α,β-unsaturated/α-hetero) is 1. The smallest absolute Gasteiger partial charge is 0.413 e. The monoisotopic (exact) mass is 421 g/mol. The Bertz CT molecular complexity index is 626. The van der Waals surface area contributed by atoms with Crippen LogP contribution in [0.25, 0.3) is 0 Å². The molecule has 0 spiro atoms. The van der Waals surface area contributed by atoms with Crippen molar-refractivity contribution in [3.05, 3.63) is 0 Å². The summed E-state index contributed by atoms with van der Waals surface area (Å²) >= 11 is 0.813. The normalized spacial score (nSPS) is 12.4. The lowest BCUT2D eigenvalue weighted by atomic mass is 10.1. The van der Waals surface area contributed by atoms with E-state index in [4.69, 9.17) is 15.9 Å². The van der Waals surface area contributed by atoms with Crippen molar-refractivity contribution in [2.24, 2.45) is 5.73 Å². The Hall–Kier alpha value is -2.67. The van der Waals surface area contributed by atoms with Gasteiger partial charge in [-0.2, -0.15) is 11.8 Å². The maximum atomic E-state index is 12.2. The number of carboxylic acid groups (broad SMARTS) is 2. The zero-order valence-electron chi connectivity index (χ0n) is 15.4. The molecule has 0 aliphatic rings. The summed E-state index contributed by atoms with van der Waals surface area (Å²) in [6.07, 6.45) is -2.12. The fourth-order valence-corrected chi connectivity index (χ4v) is 2.61. The lowest BCUT2D eigenvalue weighted by Crippen LogP contribution is -2.54. The standard InChI is InChI=1S/C15H23N3O9S/c1-3-27-14(24)10(19)7-28-6-9(13(23)18(2)15(25)26)17-12(22)8(16)4-5-11(20)21/h8-9H,3-7,16H2,1-2H3,(H,17,22)(H,20,21)(H,25,26). The summed E-state index contributed by atoms with van der Waals surface area (Å²) in [5.74, 6) is -5.46. The van der Waals surface area contributed by atoms with Crippen molar-refractivity contribution in [3.8, 4) is 0 Å². The number of carbonyl (C=O) groups excluding carboxylic acids is 4. The van der Waals surface area contributed by atoms with Gasteiger partial charge >= 0.3 is 18.0 Å². The first-order chi connectivity index (χ1) is 13.0. The average molecular weight is 421 g/mol. The maximum Gasteiger partial charge on any atom is 0.413 e. The summed E-state index contributed by atoms with van der Waals surface area (Å²) in [5, 5.41) is 19.8. The lowest BCUT2D eigenvalue weighted by Gasteiger charge is -2.22. The van der Waals surface area contributed by atoms with Gasteiger partial charge in [0.25, 0.3) is 5.91 Å². The number of nitrogens with one attached hydrogen (secondary N) is 1. The van der Waals surface area contributed by atoms with E-state index in [9.17, 15) is 28.8 Å². The first-order valence-electron chi connectivity index (χ1n) is 8.07. The van der Waals surface area contributed by atoms with E-state index in [1.807, 2.05) is 0 Å². The fraction of sp³-hybridized carbons (Fsp3) is 0.600. The lowest BCUT2D eigenvalue weighted by molar-refractivity contribution is -0.152. The molecule has 0 aliphatic heterocycles. The van der Waals surface area contributed by atoms with E-state index in [1.54, 1.807) is 0 Å². The number of hydrogen-bond donors (Lipinski definition) is 4. The SMILES string of the molecule is CCOC(=O)C(=O)CSCC(NC(=O)C(N)CCC(=O)O)C(=O)N(C)C(=O)O. The van der Waals surface area contributed by atoms with Gasteiger partial charge in [-0.05, 0) is 13.3 Å². The number of thioether (sulfide) groups is 1. The molecule has 13 heteroatoms. The molecule has 0 aromatic rings. The number of likely N-dealkylation sites (N-methyl/N-ethyl adjacent to an activating group) is 1. The molecule has 2 unspecified atom stereocenters. The number of aliphatic carboxylic acids is 1. The van der Waals surface area contributed by atoms with Crippen LogP contribution in [0, 0.1) is 0 Å². The third-order valence-corrected chi connectivity index (χ3v) is 4.29. The van der Waals surface area contributed by atoms with E-state index in [-0.39, 0.29) is 31.0 Å². The Balaban J connectivity index is 4.97. The van der Waals surface area contributed by atoms with Gasteiger partial charge in [-0.25, -0.2) is 14.5 Å². The molecule has 0 fully saturated rings. The summed E-state index contributed by atoms with van der Waals surface area (Å²) in [6, 6.07) is -2.59. The minimum Gasteiger partial charge on any atom is -0.481 e. The molecular weight excluding hydrogens is 398 g/mol. The number of hydrogen-bond acceptors (Lipinski definition) is 9. The van der Waals surface area contributed by atoms with Crippen LogP contribution in [0.3, 0.4) is 0 Å². The van der Waals surface area contributed by atoms with Crippen molar-refractivity contribution in [1.82, 2.24) is 10.2 Å². The quantitative estimate of drug-likeness (QED) is 0.215. The van der Waals surface area contributed by atoms with Crippen molar-refractivity contribution < 1.29 is 43.7 Å². The number of ether oxygens (including phenoxy) is 1. The minimum absolute atomic E-state index is 0.0179. The van der Waals surface area contributed by atoms with Crippen molar-refractivity contribution in [2.45, 2.75) is 31.8 Å². The van der Waals surface area contributed by atoms with Crippen molar-refractivity contribution in [1.29, 1.82) is 0 Å². The molecule has 0 rings (SSSR count). The summed E-state index contributed by atoms with van der Waals surface area (Å²) in [5.41, 5.74) is 5.56. The van der Waals surface area contributed by atoms with E-state index in [0.29, 0.717) is 4.90 Å². The zero-order valence-corrected chi connectivity index (χ0v) is 16.2. The number of esters is 1. The first-order valence-corrected chi connectivity index (χ1v) is 9.22. The molecule has 2 atom stereocenters. The second kappa shape index (κ2) is 12.7. The maximum absolute atomic E-state index is 12.2. The van der Waals surface area contributed by atoms with Gasteiger partial charge in [0.1, 0.15) is 6.04 Å². The van der Waals surface area contributed by atoms with E-state index < -0.39 is 47.7 Å². The third kappa shape index (κ3) is 9.32. The van der Waals surface area contributed by atoms with Crippen LogP contribution >= 0.6 is 11.8 Å². The number of rotatable bonds is 12. The van der Waals surface area contributed by atoms with Crippen LogP contribution in [0.1, 0.15) is 19.8 Å². The van der Waals surface area contributed by atoms with Crippen LogP contribution in [0.5, 0.6) is 0 Å². The van der Waals surface area contributed by atoms with E-state index in [0.717, 1.165) is 18.8 Å². The summed E-state index contributed by atoms with van der Waals surface area (Å²) < 4.78 is 4.53. The molecule has 0 saturated heterocycles. The number of imide groups is 1. The van der Waals surface area contributed by atoms with Gasteiger partial charge in [0.2, 0.25) is 11.7 Å². The number of amides is 3. The molecule has 3 amide bonds. The third-order valence-electron chi connectivity index (χ3n) is 3.26. The number of nitrogens with zero attached hydrogens (tertiary/aromatic N) is 1. The largest absolute Gasteiger partial charge is 0.481 e. The van der Waals surface area contributed by atoms with E-state index in [2.05, 4.69) is 10.1 Å². The highest BCUT2D eigenvalue weighted by atomic mass is 32.2. The molecule has 28 heavy (non-hydrogen) atoms. The second-order valence-corrected chi connectivity index (χ2v) is 6.47. The zero-order chi connectivity index (χ0) is 21.9. The van der Waals surface area contributed by atoms with Gasteiger partial charge in [-0.3, -0.25) is 19.2 Å². The summed E-state index contributed by atoms with van der Waals surface area (Å²) in [4.78, 5) is 69.0. The molecular formula is C15H23N3O9S. The number of nitrogens with two attached hydrogens (primary N) is 1. The van der Waals surface area contributed by atoms with Gasteiger partial charge in [-0.15, -0.1) is 0 Å². The van der Waals surface area contributed by atoms with E-state index in [1.165, 1.54) is 6.92 Å². The summed E-state index contributed by atoms with van der Waals surface area (Å²) in [6.45, 7) is 1.54. The molecule has 0 aromatic heterocycles. The van der Waals surface area contributed by atoms with Crippen LogP contribution in [-0.2, 0) is 28.7 Å². The van der Waals surface area contributed by atoms with Crippen molar-refractivity contribution >= 4 is 47.4 Å². The minimum atomic E-state index is -1.56. The average Bonchev–Trinajstić information content (AvgIpc) is 2.63. The van der Waals surface area contributed by atoms with E-state index >= 15 is 0 Å². The van der Waals surface area contributed by atoms with Gasteiger partial charge in [-0.1, -0.05) is 0 Å². The molecule has 0 heterocycles. The predicted octanol–water partition coefficient (Wildman–Crippen LogP) is -1.33. The van der Waals surface area contributed by atoms with Gasteiger partial charge in [0, 0.05) is 19.2 Å². The van der Waals surface area contributed by atoms with Crippen molar-refractivity contribution in [3.63, 3.8) is 0 Å². The summed E-state index contributed by atoms with van der Waals surface area (Å²) in [7, 11) is 0.975. The highest BCUT2D eigenvalue weighted by Crippen LogP contribution is 2.08. The number of carboxylic acids is 1. The van der Waals surface area contributed by atoms with Gasteiger partial charge in [0.05, 0.1) is 18.4 Å². The topological polar surface area (TPSA) is 193 Å². The van der Waals surface area contributed by atoms with Crippen LogP contribution in [-0.4, -0.2) is 88.0 Å². The molecule has 158 valence electrons. The Kier molecular flexibility index (Phi) is 11.5. The predicted molar refractivity (Wildman–Crippen MR) is 96.5 cm³/mol. The Morgan fingerprint density at radius 3 is 2.29 bits per heavy atom. The van der Waals surface area contributed by atoms with Gasteiger partial charge in [0.15, 0.2) is 0 Å². The Labute approximate surface area is 164 Å². The van der Waals surface area contributed by atoms with Crippen LogP contribution < -0.4 is 11.1 Å². The first kappa shape index (κ1) is 25.3. The molecule has 0 aliphatic carbocycles. The molecule has 0 saturated carbocycles. The second-order valence-electron chi connectivity index (χ2n) is 5.44. The molecule has 5 N–H and O–H groups in total. The highest BCUT2D eigenvalue weighted by molar-refractivity contribution is 8.00. The Morgan fingerprint density at radius 2 is 1.79 bits per heavy atom. The molecule has 12 nitrogen and oxygen atoms in total. The van der Waals surface area contributed by atoms with Gasteiger partial charge < -0.3 is 26.0 Å². The van der Waals surface area contributed by atoms with Crippen molar-refractivity contribution in [2.75, 3.05) is 25.2 Å². The number of ketones is 1. The fourth-order valence-electron chi connectivity index (χ4n) is 1.73. The van der Waals surface area contributed by atoms with Crippen LogP contribution in [0.15, 0.2) is 0 Å².